The molecule has 0 saturated heterocycles. The van der Waals surface area contributed by atoms with Crippen molar-refractivity contribution in [1.29, 1.82) is 0 Å². The summed E-state index contributed by atoms with van der Waals surface area (Å²) in [6.07, 6.45) is 0. The molecule has 0 fully saturated rings. The maximum absolute atomic E-state index is 11.8. The number of anilines is 1. The van der Waals surface area contributed by atoms with Gasteiger partial charge in [-0.05, 0) is 32.0 Å². The Balaban J connectivity index is 2.69. The number of aromatic nitrogens is 2. The molecule has 2 aromatic rings. The first kappa shape index (κ1) is 12.2. The van der Waals surface area contributed by atoms with Gasteiger partial charge in [0.05, 0.1) is 24.1 Å². The Bertz CT molecular complexity index is 602. The quantitative estimate of drug-likeness (QED) is 0.647. The zero-order chi connectivity index (χ0) is 13.3. The number of methoxy groups -OCH3 is 1. The van der Waals surface area contributed by atoms with E-state index < -0.39 is 5.97 Å². The lowest BCUT2D eigenvalue weighted by Crippen LogP contribution is -2.12. The van der Waals surface area contributed by atoms with Crippen molar-refractivity contribution < 1.29 is 9.53 Å². The average molecular weight is 245 g/mol. The SMILES string of the molecule is COC(=O)c1cccc(N)c1-n1nc(C)cc1C. The third-order valence-corrected chi connectivity index (χ3v) is 2.69. The highest BCUT2D eigenvalue weighted by Crippen LogP contribution is 2.24. The lowest BCUT2D eigenvalue weighted by molar-refractivity contribution is 0.0600. The molecule has 0 saturated carbocycles. The van der Waals surface area contributed by atoms with Gasteiger partial charge in [-0.15, -0.1) is 0 Å². The third-order valence-electron chi connectivity index (χ3n) is 2.69. The van der Waals surface area contributed by atoms with Crippen molar-refractivity contribution in [3.63, 3.8) is 0 Å². The summed E-state index contributed by atoms with van der Waals surface area (Å²) >= 11 is 0. The first-order valence-electron chi connectivity index (χ1n) is 5.55. The molecule has 0 aliphatic heterocycles. The minimum atomic E-state index is -0.426. The van der Waals surface area contributed by atoms with E-state index in [4.69, 9.17) is 10.5 Å². The van der Waals surface area contributed by atoms with E-state index in [1.165, 1.54) is 7.11 Å². The molecule has 18 heavy (non-hydrogen) atoms. The van der Waals surface area contributed by atoms with Gasteiger partial charge in [0.25, 0.3) is 0 Å². The lowest BCUT2D eigenvalue weighted by Gasteiger charge is -2.12. The zero-order valence-corrected chi connectivity index (χ0v) is 10.6. The van der Waals surface area contributed by atoms with Crippen molar-refractivity contribution in [3.8, 4) is 5.69 Å². The fourth-order valence-corrected chi connectivity index (χ4v) is 1.93. The van der Waals surface area contributed by atoms with Gasteiger partial charge < -0.3 is 10.5 Å². The summed E-state index contributed by atoms with van der Waals surface area (Å²) in [6, 6.07) is 7.05. The van der Waals surface area contributed by atoms with Gasteiger partial charge in [-0.2, -0.15) is 5.10 Å². The van der Waals surface area contributed by atoms with Gasteiger partial charge in [-0.3, -0.25) is 0 Å². The van der Waals surface area contributed by atoms with Crippen LogP contribution in [0.25, 0.3) is 5.69 Å². The molecule has 0 spiro atoms. The first-order chi connectivity index (χ1) is 8.54. The summed E-state index contributed by atoms with van der Waals surface area (Å²) in [5, 5.41) is 4.35. The fraction of sp³-hybridized carbons (Fsp3) is 0.231. The summed E-state index contributed by atoms with van der Waals surface area (Å²) in [5.41, 5.74) is 9.20. The molecule has 2 rings (SSSR count). The first-order valence-corrected chi connectivity index (χ1v) is 5.55. The molecule has 5 heteroatoms. The topological polar surface area (TPSA) is 70.1 Å². The molecule has 0 radical (unpaired) electrons. The Kier molecular flexibility index (Phi) is 3.06. The van der Waals surface area contributed by atoms with Crippen molar-refractivity contribution >= 4 is 11.7 Å². The molecular weight excluding hydrogens is 230 g/mol. The maximum Gasteiger partial charge on any atom is 0.340 e. The van der Waals surface area contributed by atoms with E-state index in [1.54, 1.807) is 22.9 Å². The standard InChI is InChI=1S/C13H15N3O2/c1-8-7-9(2)16(15-8)12-10(13(17)18-3)5-4-6-11(12)14/h4-7H,14H2,1-3H3. The molecule has 0 amide bonds. The molecule has 0 atom stereocenters. The molecule has 94 valence electrons. The van der Waals surface area contributed by atoms with Crippen LogP contribution >= 0.6 is 0 Å². The second kappa shape index (κ2) is 4.52. The van der Waals surface area contributed by atoms with Gasteiger partial charge in [-0.1, -0.05) is 6.07 Å². The monoisotopic (exact) mass is 245 g/mol. The molecule has 0 bridgehead atoms. The molecular formula is C13H15N3O2. The second-order valence-corrected chi connectivity index (χ2v) is 4.07. The van der Waals surface area contributed by atoms with Crippen LogP contribution in [0.15, 0.2) is 24.3 Å². The van der Waals surface area contributed by atoms with Gasteiger partial charge in [0.15, 0.2) is 0 Å². The Labute approximate surface area is 105 Å². The molecule has 0 unspecified atom stereocenters. The predicted molar refractivity (Wildman–Crippen MR) is 68.8 cm³/mol. The highest BCUT2D eigenvalue weighted by Gasteiger charge is 2.17. The van der Waals surface area contributed by atoms with Gasteiger partial charge in [0.2, 0.25) is 0 Å². The van der Waals surface area contributed by atoms with Crippen LogP contribution in [0.5, 0.6) is 0 Å². The largest absolute Gasteiger partial charge is 0.465 e. The van der Waals surface area contributed by atoms with E-state index >= 15 is 0 Å². The number of benzene rings is 1. The molecule has 1 aromatic carbocycles. The Morgan fingerprint density at radius 1 is 1.39 bits per heavy atom. The fourth-order valence-electron chi connectivity index (χ4n) is 1.93. The van der Waals surface area contributed by atoms with Gasteiger partial charge in [0, 0.05) is 5.69 Å². The molecule has 2 N–H and O–H groups in total. The van der Waals surface area contributed by atoms with E-state index in [0.29, 0.717) is 16.9 Å². The number of hydrogen-bond acceptors (Lipinski definition) is 4. The van der Waals surface area contributed by atoms with Crippen LogP contribution in [0.2, 0.25) is 0 Å². The molecule has 1 aromatic heterocycles. The van der Waals surface area contributed by atoms with Crippen LogP contribution < -0.4 is 5.73 Å². The number of hydrogen-bond donors (Lipinski definition) is 1. The summed E-state index contributed by atoms with van der Waals surface area (Å²) < 4.78 is 6.43. The van der Waals surface area contributed by atoms with Crippen molar-refractivity contribution in [2.24, 2.45) is 0 Å². The minimum Gasteiger partial charge on any atom is -0.465 e. The maximum atomic E-state index is 11.8. The molecule has 5 nitrogen and oxygen atoms in total. The van der Waals surface area contributed by atoms with Gasteiger partial charge in [-0.25, -0.2) is 9.48 Å². The van der Waals surface area contributed by atoms with Crippen molar-refractivity contribution in [1.82, 2.24) is 9.78 Å². The second-order valence-electron chi connectivity index (χ2n) is 4.07. The van der Waals surface area contributed by atoms with E-state index in [9.17, 15) is 4.79 Å². The summed E-state index contributed by atoms with van der Waals surface area (Å²) in [7, 11) is 1.34. The van der Waals surface area contributed by atoms with E-state index in [-0.39, 0.29) is 0 Å². The van der Waals surface area contributed by atoms with Crippen LogP contribution in [-0.4, -0.2) is 22.9 Å². The van der Waals surface area contributed by atoms with Crippen LogP contribution in [-0.2, 0) is 4.74 Å². The molecule has 0 aliphatic rings. The number of nitrogens with two attached hydrogens (primary N) is 1. The minimum absolute atomic E-state index is 0.406. The number of nitrogen functional groups attached to an aromatic ring is 1. The van der Waals surface area contributed by atoms with E-state index in [2.05, 4.69) is 5.10 Å². The average Bonchev–Trinajstić information content (AvgIpc) is 2.67. The van der Waals surface area contributed by atoms with Crippen LogP contribution in [0.3, 0.4) is 0 Å². The number of carbonyl (C=O) groups is 1. The van der Waals surface area contributed by atoms with Crippen LogP contribution in [0.4, 0.5) is 5.69 Å². The highest BCUT2D eigenvalue weighted by molar-refractivity contribution is 5.95. The summed E-state index contributed by atoms with van der Waals surface area (Å²) in [5.74, 6) is -0.426. The highest BCUT2D eigenvalue weighted by atomic mass is 16.5. The summed E-state index contributed by atoms with van der Waals surface area (Å²) in [4.78, 5) is 11.8. The van der Waals surface area contributed by atoms with Crippen molar-refractivity contribution in [2.45, 2.75) is 13.8 Å². The lowest BCUT2D eigenvalue weighted by atomic mass is 10.1. The third kappa shape index (κ3) is 1.95. The van der Waals surface area contributed by atoms with Crippen LogP contribution in [0, 0.1) is 13.8 Å². The van der Waals surface area contributed by atoms with Crippen LogP contribution in [0.1, 0.15) is 21.7 Å². The summed E-state index contributed by atoms with van der Waals surface area (Å²) in [6.45, 7) is 3.80. The van der Waals surface area contributed by atoms with Gasteiger partial charge >= 0.3 is 5.97 Å². The van der Waals surface area contributed by atoms with Gasteiger partial charge in [0.1, 0.15) is 5.69 Å². The number of esters is 1. The Morgan fingerprint density at radius 2 is 2.11 bits per heavy atom. The number of carbonyl (C=O) groups excluding carboxylic acids is 1. The van der Waals surface area contributed by atoms with E-state index in [1.807, 2.05) is 19.9 Å². The van der Waals surface area contributed by atoms with Crippen molar-refractivity contribution in [2.75, 3.05) is 12.8 Å². The van der Waals surface area contributed by atoms with E-state index in [0.717, 1.165) is 11.4 Å². The molecule has 1 heterocycles. The normalized spacial score (nSPS) is 10.4. The smallest absolute Gasteiger partial charge is 0.340 e. The number of rotatable bonds is 2. The Morgan fingerprint density at radius 3 is 2.67 bits per heavy atom. The zero-order valence-electron chi connectivity index (χ0n) is 10.6. The molecule has 0 aliphatic carbocycles. The number of nitrogens with zero attached hydrogens (tertiary/aromatic N) is 2. The van der Waals surface area contributed by atoms with Crippen molar-refractivity contribution in [3.05, 3.63) is 41.2 Å². The predicted octanol–water partition coefficient (Wildman–Crippen LogP) is 1.86. The Hall–Kier alpha value is -2.30. The number of aryl methyl sites for hydroxylation is 2. The number of ether oxygens (including phenoxy) is 1. The number of para-hydroxylation sites is 1.